The molecular formula is C12H9N5. The second-order valence-electron chi connectivity index (χ2n) is 3.20. The molecule has 1 aromatic carbocycles. The Morgan fingerprint density at radius 1 is 1.35 bits per heavy atom. The Bertz CT molecular complexity index is 597. The summed E-state index contributed by atoms with van der Waals surface area (Å²) in [5.41, 5.74) is 9.87. The number of hydrogen-bond donors (Lipinski definition) is 0. The van der Waals surface area contributed by atoms with Crippen LogP contribution in [0.2, 0.25) is 0 Å². The Morgan fingerprint density at radius 3 is 2.94 bits per heavy atom. The van der Waals surface area contributed by atoms with Crippen LogP contribution in [0.5, 0.6) is 0 Å². The van der Waals surface area contributed by atoms with Gasteiger partial charge in [0.1, 0.15) is 0 Å². The molecule has 82 valence electrons. The van der Waals surface area contributed by atoms with Crippen LogP contribution in [0.1, 0.15) is 5.56 Å². The molecular weight excluding hydrogens is 214 g/mol. The minimum atomic E-state index is 0.174. The van der Waals surface area contributed by atoms with Crippen LogP contribution in [0, 0.1) is 11.8 Å². The van der Waals surface area contributed by atoms with Crippen molar-refractivity contribution in [2.75, 3.05) is 6.54 Å². The van der Waals surface area contributed by atoms with Crippen LogP contribution in [0.25, 0.3) is 16.1 Å². The maximum absolute atomic E-state index is 8.09. The molecule has 0 fully saturated rings. The Morgan fingerprint density at radius 2 is 2.18 bits per heavy atom. The third-order valence-electron chi connectivity index (χ3n) is 2.05. The molecule has 5 nitrogen and oxygen atoms in total. The molecule has 0 saturated carbocycles. The summed E-state index contributed by atoms with van der Waals surface area (Å²) in [7, 11) is 0. The van der Waals surface area contributed by atoms with Crippen LogP contribution in [-0.2, 0) is 0 Å². The maximum Gasteiger partial charge on any atom is 0.0880 e. The van der Waals surface area contributed by atoms with Gasteiger partial charge in [-0.1, -0.05) is 35.2 Å². The van der Waals surface area contributed by atoms with Gasteiger partial charge in [0.05, 0.1) is 24.0 Å². The average molecular weight is 223 g/mol. The van der Waals surface area contributed by atoms with Crippen molar-refractivity contribution < 1.29 is 0 Å². The summed E-state index contributed by atoms with van der Waals surface area (Å²) in [6.45, 7) is 0.174. The average Bonchev–Trinajstić information content (AvgIpc) is 2.85. The number of benzene rings is 1. The van der Waals surface area contributed by atoms with Crippen molar-refractivity contribution in [3.63, 3.8) is 0 Å². The predicted molar refractivity (Wildman–Crippen MR) is 64.5 cm³/mol. The first-order chi connectivity index (χ1) is 8.40. The van der Waals surface area contributed by atoms with Gasteiger partial charge >= 0.3 is 0 Å². The van der Waals surface area contributed by atoms with Gasteiger partial charge in [0.2, 0.25) is 0 Å². The molecule has 1 heterocycles. The van der Waals surface area contributed by atoms with Crippen molar-refractivity contribution >= 4 is 0 Å². The fraction of sp³-hybridized carbons (Fsp3) is 0.0833. The molecule has 0 bridgehead atoms. The molecule has 0 aliphatic heterocycles. The molecule has 0 amide bonds. The molecule has 0 aliphatic carbocycles. The zero-order valence-corrected chi connectivity index (χ0v) is 8.98. The van der Waals surface area contributed by atoms with Crippen LogP contribution >= 0.6 is 0 Å². The van der Waals surface area contributed by atoms with E-state index in [-0.39, 0.29) is 6.54 Å². The summed E-state index contributed by atoms with van der Waals surface area (Å²) in [6, 6.07) is 9.77. The van der Waals surface area contributed by atoms with E-state index in [1.54, 1.807) is 10.9 Å². The van der Waals surface area contributed by atoms with Gasteiger partial charge in [-0.05, 0) is 17.7 Å². The summed E-state index contributed by atoms with van der Waals surface area (Å²) < 4.78 is 1.75. The van der Waals surface area contributed by atoms with E-state index >= 15 is 0 Å². The van der Waals surface area contributed by atoms with Crippen LogP contribution < -0.4 is 0 Å². The van der Waals surface area contributed by atoms with E-state index in [0.717, 1.165) is 11.3 Å². The quantitative estimate of drug-likeness (QED) is 0.334. The third kappa shape index (κ3) is 2.88. The van der Waals surface area contributed by atoms with Crippen molar-refractivity contribution in [1.82, 2.24) is 9.78 Å². The van der Waals surface area contributed by atoms with E-state index in [1.807, 2.05) is 36.5 Å². The molecule has 0 unspecified atom stereocenters. The molecule has 0 radical (unpaired) electrons. The zero-order valence-electron chi connectivity index (χ0n) is 8.98. The van der Waals surface area contributed by atoms with E-state index in [2.05, 4.69) is 27.0 Å². The highest BCUT2D eigenvalue weighted by atomic mass is 15.3. The Balaban J connectivity index is 2.16. The fourth-order valence-electron chi connectivity index (χ4n) is 1.32. The first kappa shape index (κ1) is 10.8. The summed E-state index contributed by atoms with van der Waals surface area (Å²) in [5.74, 6) is 5.62. The molecule has 17 heavy (non-hydrogen) atoms. The molecule has 2 rings (SSSR count). The summed E-state index contributed by atoms with van der Waals surface area (Å²) in [5, 5.41) is 7.53. The van der Waals surface area contributed by atoms with Crippen LogP contribution in [0.3, 0.4) is 0 Å². The molecule has 0 atom stereocenters. The Kier molecular flexibility index (Phi) is 3.43. The molecule has 0 N–H and O–H groups in total. The third-order valence-corrected chi connectivity index (χ3v) is 2.05. The van der Waals surface area contributed by atoms with E-state index in [4.69, 9.17) is 5.53 Å². The lowest BCUT2D eigenvalue weighted by atomic mass is 10.3. The van der Waals surface area contributed by atoms with E-state index in [9.17, 15) is 0 Å². The van der Waals surface area contributed by atoms with Crippen LogP contribution in [0.4, 0.5) is 0 Å². The minimum Gasteiger partial charge on any atom is -0.240 e. The Labute approximate surface area is 98.3 Å². The maximum atomic E-state index is 8.09. The van der Waals surface area contributed by atoms with Gasteiger partial charge in [-0.2, -0.15) is 5.10 Å². The topological polar surface area (TPSA) is 66.6 Å². The summed E-state index contributed by atoms with van der Waals surface area (Å²) in [4.78, 5) is 2.62. The zero-order chi connectivity index (χ0) is 11.9. The van der Waals surface area contributed by atoms with Gasteiger partial charge < -0.3 is 0 Å². The number of rotatable bonds is 2. The first-order valence-corrected chi connectivity index (χ1v) is 5.00. The highest BCUT2D eigenvalue weighted by Crippen LogP contribution is 2.06. The molecule has 5 heteroatoms. The first-order valence-electron chi connectivity index (χ1n) is 5.00. The molecule has 0 aliphatic rings. The summed E-state index contributed by atoms with van der Waals surface area (Å²) >= 11 is 0. The largest absolute Gasteiger partial charge is 0.240 e. The lowest BCUT2D eigenvalue weighted by Crippen LogP contribution is -1.92. The van der Waals surface area contributed by atoms with Gasteiger partial charge in [0.15, 0.2) is 0 Å². The molecule has 2 aromatic rings. The van der Waals surface area contributed by atoms with Gasteiger partial charge in [0, 0.05) is 11.1 Å². The van der Waals surface area contributed by atoms with Crippen LogP contribution in [0.15, 0.2) is 47.8 Å². The van der Waals surface area contributed by atoms with E-state index < -0.39 is 0 Å². The highest BCUT2D eigenvalue weighted by molar-refractivity contribution is 5.36. The molecule has 1 aromatic heterocycles. The smallest absolute Gasteiger partial charge is 0.0880 e. The highest BCUT2D eigenvalue weighted by Gasteiger charge is 1.96. The van der Waals surface area contributed by atoms with Gasteiger partial charge in [-0.15, -0.1) is 0 Å². The van der Waals surface area contributed by atoms with Crippen molar-refractivity contribution in [2.24, 2.45) is 5.11 Å². The van der Waals surface area contributed by atoms with Gasteiger partial charge in [-0.3, -0.25) is 0 Å². The Hall–Kier alpha value is -2.70. The normalized spacial score (nSPS) is 8.94. The van der Waals surface area contributed by atoms with E-state index in [0.29, 0.717) is 0 Å². The van der Waals surface area contributed by atoms with Crippen molar-refractivity contribution in [3.8, 4) is 17.5 Å². The van der Waals surface area contributed by atoms with Crippen molar-refractivity contribution in [2.45, 2.75) is 0 Å². The lowest BCUT2D eigenvalue weighted by molar-refractivity contribution is 0.880. The predicted octanol–water partition coefficient (Wildman–Crippen LogP) is 2.53. The molecule has 0 spiro atoms. The van der Waals surface area contributed by atoms with Gasteiger partial charge in [0.25, 0.3) is 0 Å². The lowest BCUT2D eigenvalue weighted by Gasteiger charge is -1.97. The van der Waals surface area contributed by atoms with Gasteiger partial charge in [-0.25, -0.2) is 4.68 Å². The number of azide groups is 1. The monoisotopic (exact) mass is 223 g/mol. The van der Waals surface area contributed by atoms with E-state index in [1.165, 1.54) is 0 Å². The van der Waals surface area contributed by atoms with Crippen molar-refractivity contribution in [3.05, 3.63) is 58.7 Å². The number of hydrogen-bond acceptors (Lipinski definition) is 2. The number of para-hydroxylation sites is 1. The number of nitrogens with zero attached hydrogens (tertiary/aromatic N) is 5. The SMILES string of the molecule is [N-]=[N+]=NCC#Cc1cnn(-c2ccccc2)c1. The van der Waals surface area contributed by atoms with Crippen molar-refractivity contribution in [1.29, 1.82) is 0 Å². The number of aromatic nitrogens is 2. The second-order valence-corrected chi connectivity index (χ2v) is 3.20. The molecule has 0 saturated heterocycles. The minimum absolute atomic E-state index is 0.174. The fourth-order valence-corrected chi connectivity index (χ4v) is 1.32. The van der Waals surface area contributed by atoms with Crippen LogP contribution in [-0.4, -0.2) is 16.3 Å². The standard InChI is InChI=1S/C12H9N5/c13-16-14-8-4-5-11-9-15-17(10-11)12-6-2-1-3-7-12/h1-3,6-7,9-10H,8H2. The summed E-state index contributed by atoms with van der Waals surface area (Å²) in [6.07, 6.45) is 3.51. The second kappa shape index (κ2) is 5.40.